The first-order valence-electron chi connectivity index (χ1n) is 7.63. The monoisotopic (exact) mass is 262 g/mol. The van der Waals surface area contributed by atoms with Gasteiger partial charge in [0.25, 0.3) is 0 Å². The SMILES string of the molecule is CC.CC(C)[C@@H]1CN(Cc2ccccc2)CCN1C. The quantitative estimate of drug-likeness (QED) is 0.823. The Morgan fingerprint density at radius 3 is 2.32 bits per heavy atom. The highest BCUT2D eigenvalue weighted by atomic mass is 15.3. The van der Waals surface area contributed by atoms with Crippen molar-refractivity contribution in [2.75, 3.05) is 26.7 Å². The number of benzene rings is 1. The number of hydrogen-bond donors (Lipinski definition) is 0. The van der Waals surface area contributed by atoms with Crippen LogP contribution in [-0.2, 0) is 6.54 Å². The maximum absolute atomic E-state index is 2.58. The third kappa shape index (κ3) is 4.96. The van der Waals surface area contributed by atoms with Gasteiger partial charge in [-0.1, -0.05) is 58.0 Å². The van der Waals surface area contributed by atoms with Gasteiger partial charge in [0, 0.05) is 32.2 Å². The second kappa shape index (κ2) is 8.34. The first-order chi connectivity index (χ1) is 9.16. The summed E-state index contributed by atoms with van der Waals surface area (Å²) in [6.07, 6.45) is 0. The normalized spacial score (nSPS) is 21.1. The molecule has 2 nitrogen and oxygen atoms in total. The molecule has 1 aromatic rings. The molecule has 1 heterocycles. The molecule has 0 radical (unpaired) electrons. The molecule has 1 saturated heterocycles. The summed E-state index contributed by atoms with van der Waals surface area (Å²) in [6.45, 7) is 13.3. The largest absolute Gasteiger partial charge is 0.301 e. The first-order valence-corrected chi connectivity index (χ1v) is 7.63. The van der Waals surface area contributed by atoms with Gasteiger partial charge < -0.3 is 4.90 Å². The highest BCUT2D eigenvalue weighted by Crippen LogP contribution is 2.17. The molecule has 1 aliphatic rings. The van der Waals surface area contributed by atoms with E-state index in [9.17, 15) is 0 Å². The second-order valence-electron chi connectivity index (χ2n) is 5.51. The van der Waals surface area contributed by atoms with E-state index in [4.69, 9.17) is 0 Å². The Labute approximate surface area is 119 Å². The molecule has 1 aliphatic heterocycles. The van der Waals surface area contributed by atoms with E-state index in [0.717, 1.165) is 12.5 Å². The highest BCUT2D eigenvalue weighted by Gasteiger charge is 2.26. The summed E-state index contributed by atoms with van der Waals surface area (Å²) in [5.74, 6) is 0.735. The van der Waals surface area contributed by atoms with Gasteiger partial charge >= 0.3 is 0 Å². The van der Waals surface area contributed by atoms with Gasteiger partial charge in [-0.25, -0.2) is 0 Å². The molecule has 0 aromatic heterocycles. The molecule has 19 heavy (non-hydrogen) atoms. The Morgan fingerprint density at radius 2 is 1.74 bits per heavy atom. The summed E-state index contributed by atoms with van der Waals surface area (Å²) >= 11 is 0. The van der Waals surface area contributed by atoms with Crippen LogP contribution in [0.2, 0.25) is 0 Å². The van der Waals surface area contributed by atoms with Crippen LogP contribution in [0.15, 0.2) is 30.3 Å². The van der Waals surface area contributed by atoms with Crippen LogP contribution in [0.1, 0.15) is 33.3 Å². The topological polar surface area (TPSA) is 6.48 Å². The molecular weight excluding hydrogens is 232 g/mol. The number of hydrogen-bond acceptors (Lipinski definition) is 2. The number of nitrogens with zero attached hydrogens (tertiary/aromatic N) is 2. The lowest BCUT2D eigenvalue weighted by Gasteiger charge is -2.41. The summed E-state index contributed by atoms with van der Waals surface area (Å²) < 4.78 is 0. The third-order valence-corrected chi connectivity index (χ3v) is 3.80. The molecule has 0 N–H and O–H groups in total. The van der Waals surface area contributed by atoms with Crippen LogP contribution >= 0.6 is 0 Å². The molecular formula is C17H30N2. The fraction of sp³-hybridized carbons (Fsp3) is 0.647. The van der Waals surface area contributed by atoms with Crippen LogP contribution in [0.3, 0.4) is 0 Å². The van der Waals surface area contributed by atoms with Gasteiger partial charge in [-0.2, -0.15) is 0 Å². The number of piperazine rings is 1. The molecule has 0 amide bonds. The van der Waals surface area contributed by atoms with E-state index in [1.54, 1.807) is 0 Å². The molecule has 108 valence electrons. The molecule has 0 spiro atoms. The van der Waals surface area contributed by atoms with Crippen molar-refractivity contribution in [2.24, 2.45) is 5.92 Å². The second-order valence-corrected chi connectivity index (χ2v) is 5.51. The van der Waals surface area contributed by atoms with Crippen molar-refractivity contribution >= 4 is 0 Å². The van der Waals surface area contributed by atoms with Gasteiger partial charge in [-0.15, -0.1) is 0 Å². The lowest BCUT2D eigenvalue weighted by Crippen LogP contribution is -2.53. The van der Waals surface area contributed by atoms with Gasteiger partial charge in [0.15, 0.2) is 0 Å². The fourth-order valence-corrected chi connectivity index (χ4v) is 2.67. The maximum Gasteiger partial charge on any atom is 0.0243 e. The minimum Gasteiger partial charge on any atom is -0.301 e. The van der Waals surface area contributed by atoms with Gasteiger partial charge in [-0.05, 0) is 18.5 Å². The summed E-state index contributed by atoms with van der Waals surface area (Å²) in [7, 11) is 2.25. The predicted octanol–water partition coefficient (Wildman–Crippen LogP) is 3.48. The molecule has 1 aromatic carbocycles. The summed E-state index contributed by atoms with van der Waals surface area (Å²) in [5.41, 5.74) is 1.43. The lowest BCUT2D eigenvalue weighted by molar-refractivity contribution is 0.0656. The number of likely N-dealkylation sites (N-methyl/N-ethyl adjacent to an activating group) is 1. The van der Waals surface area contributed by atoms with E-state index >= 15 is 0 Å². The molecule has 2 rings (SSSR count). The third-order valence-electron chi connectivity index (χ3n) is 3.80. The van der Waals surface area contributed by atoms with Crippen molar-refractivity contribution < 1.29 is 0 Å². The zero-order chi connectivity index (χ0) is 14.3. The van der Waals surface area contributed by atoms with Crippen molar-refractivity contribution in [3.63, 3.8) is 0 Å². The molecule has 0 aliphatic carbocycles. The Balaban J connectivity index is 0.000000861. The van der Waals surface area contributed by atoms with E-state index in [0.29, 0.717) is 6.04 Å². The van der Waals surface area contributed by atoms with E-state index in [1.807, 2.05) is 13.8 Å². The van der Waals surface area contributed by atoms with E-state index in [1.165, 1.54) is 25.2 Å². The summed E-state index contributed by atoms with van der Waals surface area (Å²) in [4.78, 5) is 5.09. The molecule has 1 fully saturated rings. The first kappa shape index (κ1) is 16.2. The van der Waals surface area contributed by atoms with Gasteiger partial charge in [0.05, 0.1) is 0 Å². The lowest BCUT2D eigenvalue weighted by atomic mass is 10.00. The molecule has 2 heteroatoms. The molecule has 0 bridgehead atoms. The number of rotatable bonds is 3. The highest BCUT2D eigenvalue weighted by molar-refractivity contribution is 5.14. The maximum atomic E-state index is 2.58. The van der Waals surface area contributed by atoms with Crippen molar-refractivity contribution in [1.82, 2.24) is 9.80 Å². The van der Waals surface area contributed by atoms with Gasteiger partial charge in [-0.3, -0.25) is 4.90 Å². The average molecular weight is 262 g/mol. The minimum atomic E-state index is 0.701. The molecule has 0 saturated carbocycles. The summed E-state index contributed by atoms with van der Waals surface area (Å²) in [5, 5.41) is 0. The van der Waals surface area contributed by atoms with Gasteiger partial charge in [0.1, 0.15) is 0 Å². The smallest absolute Gasteiger partial charge is 0.0243 e. The van der Waals surface area contributed by atoms with Crippen molar-refractivity contribution in [2.45, 2.75) is 40.3 Å². The van der Waals surface area contributed by atoms with Gasteiger partial charge in [0.2, 0.25) is 0 Å². The van der Waals surface area contributed by atoms with E-state index in [-0.39, 0.29) is 0 Å². The van der Waals surface area contributed by atoms with Crippen LogP contribution in [-0.4, -0.2) is 42.5 Å². The Bertz CT molecular complexity index is 334. The van der Waals surface area contributed by atoms with Crippen molar-refractivity contribution in [3.05, 3.63) is 35.9 Å². The Hall–Kier alpha value is -0.860. The van der Waals surface area contributed by atoms with Crippen LogP contribution in [0.4, 0.5) is 0 Å². The molecule has 0 unspecified atom stereocenters. The van der Waals surface area contributed by atoms with Crippen LogP contribution in [0.25, 0.3) is 0 Å². The van der Waals surface area contributed by atoms with Crippen molar-refractivity contribution in [1.29, 1.82) is 0 Å². The zero-order valence-electron chi connectivity index (χ0n) is 13.3. The molecule has 1 atom stereocenters. The predicted molar refractivity (Wildman–Crippen MR) is 84.3 cm³/mol. The van der Waals surface area contributed by atoms with E-state index < -0.39 is 0 Å². The Kier molecular flexibility index (Phi) is 7.11. The van der Waals surface area contributed by atoms with Crippen LogP contribution in [0, 0.1) is 5.92 Å². The zero-order valence-corrected chi connectivity index (χ0v) is 13.3. The minimum absolute atomic E-state index is 0.701. The Morgan fingerprint density at radius 1 is 1.11 bits per heavy atom. The summed E-state index contributed by atoms with van der Waals surface area (Å²) in [6, 6.07) is 11.5. The van der Waals surface area contributed by atoms with E-state index in [2.05, 4.69) is 61.0 Å². The van der Waals surface area contributed by atoms with Crippen LogP contribution < -0.4 is 0 Å². The fourth-order valence-electron chi connectivity index (χ4n) is 2.67. The van der Waals surface area contributed by atoms with Crippen molar-refractivity contribution in [3.8, 4) is 0 Å². The standard InChI is InChI=1S/C15H24N2.C2H6/c1-13(2)15-12-17(10-9-16(15)3)11-14-7-5-4-6-8-14;1-2/h4-8,13,15H,9-12H2,1-3H3;1-2H3/t15-;/m0./s1. The van der Waals surface area contributed by atoms with Crippen LogP contribution in [0.5, 0.6) is 0 Å². The average Bonchev–Trinajstić information content (AvgIpc) is 2.44.